The number of aryl methyl sites for hydroxylation is 1. The number of furan rings is 1. The molecule has 0 radical (unpaired) electrons. The number of nitrogens with zero attached hydrogens (tertiary/aromatic N) is 2. The molecule has 2 aromatic heterocycles. The molecule has 156 valence electrons. The van der Waals surface area contributed by atoms with E-state index in [9.17, 15) is 9.59 Å². The van der Waals surface area contributed by atoms with E-state index in [1.165, 1.54) is 0 Å². The number of nitrogens with one attached hydrogen (secondary N) is 3. The van der Waals surface area contributed by atoms with Crippen LogP contribution in [0.3, 0.4) is 0 Å². The van der Waals surface area contributed by atoms with Crippen molar-refractivity contribution in [1.29, 1.82) is 0 Å². The molecule has 0 unspecified atom stereocenters. The standard InChI is InChI=1S/C22H18BrN5O3/c1-13-24-21(28-27-13)15-4-8-16(9-5-15)25-20(29)12-14-2-6-17(7-3-14)26-22(30)18-10-11-19(23)31-18/h2-11H,12H2,1H3,(H,25,29)(H,26,30)(H,24,27,28). The molecule has 3 N–H and O–H groups in total. The van der Waals surface area contributed by atoms with Crippen molar-refractivity contribution >= 4 is 39.1 Å². The van der Waals surface area contributed by atoms with Gasteiger partial charge >= 0.3 is 0 Å². The molecule has 4 aromatic rings. The lowest BCUT2D eigenvalue weighted by molar-refractivity contribution is -0.115. The summed E-state index contributed by atoms with van der Waals surface area (Å²) < 4.78 is 5.71. The first-order chi connectivity index (χ1) is 15.0. The van der Waals surface area contributed by atoms with E-state index >= 15 is 0 Å². The molecule has 0 bridgehead atoms. The number of aromatic amines is 1. The number of anilines is 2. The number of hydrogen-bond donors (Lipinski definition) is 3. The van der Waals surface area contributed by atoms with E-state index in [2.05, 4.69) is 41.7 Å². The number of hydrogen-bond acceptors (Lipinski definition) is 5. The first-order valence-corrected chi connectivity index (χ1v) is 10.2. The SMILES string of the molecule is Cc1nc(-c2ccc(NC(=O)Cc3ccc(NC(=O)c4ccc(Br)o4)cc3)cc2)n[nH]1. The topological polar surface area (TPSA) is 113 Å². The Labute approximate surface area is 186 Å². The van der Waals surface area contributed by atoms with Gasteiger partial charge in [0.1, 0.15) is 5.82 Å². The van der Waals surface area contributed by atoms with Crippen LogP contribution in [0.25, 0.3) is 11.4 Å². The zero-order chi connectivity index (χ0) is 21.8. The van der Waals surface area contributed by atoms with Crippen LogP contribution in [-0.4, -0.2) is 27.0 Å². The molecule has 2 aromatic carbocycles. The Hall–Kier alpha value is -3.72. The molecular weight excluding hydrogens is 462 g/mol. The van der Waals surface area contributed by atoms with Crippen LogP contribution in [0.1, 0.15) is 21.9 Å². The molecule has 9 heteroatoms. The number of aromatic nitrogens is 3. The van der Waals surface area contributed by atoms with Crippen LogP contribution in [0.4, 0.5) is 11.4 Å². The highest BCUT2D eigenvalue weighted by Gasteiger charge is 2.11. The van der Waals surface area contributed by atoms with Crippen LogP contribution in [0, 0.1) is 6.92 Å². The summed E-state index contributed by atoms with van der Waals surface area (Å²) in [7, 11) is 0. The smallest absolute Gasteiger partial charge is 0.291 e. The Morgan fingerprint density at radius 3 is 2.26 bits per heavy atom. The molecule has 0 atom stereocenters. The fourth-order valence-corrected chi connectivity index (χ4v) is 3.21. The van der Waals surface area contributed by atoms with E-state index in [1.54, 1.807) is 36.4 Å². The second-order valence-corrected chi connectivity index (χ2v) is 7.58. The molecule has 4 rings (SSSR count). The van der Waals surface area contributed by atoms with E-state index in [0.717, 1.165) is 17.0 Å². The lowest BCUT2D eigenvalue weighted by atomic mass is 10.1. The van der Waals surface area contributed by atoms with Gasteiger partial charge in [-0.1, -0.05) is 12.1 Å². The van der Waals surface area contributed by atoms with Crippen molar-refractivity contribution in [2.45, 2.75) is 13.3 Å². The van der Waals surface area contributed by atoms with Crippen molar-refractivity contribution in [3.05, 3.63) is 82.5 Å². The summed E-state index contributed by atoms with van der Waals surface area (Å²) in [6.07, 6.45) is 0.210. The van der Waals surface area contributed by atoms with E-state index < -0.39 is 0 Å². The van der Waals surface area contributed by atoms with Crippen LogP contribution in [0.15, 0.2) is 69.8 Å². The van der Waals surface area contributed by atoms with Gasteiger partial charge in [-0.25, -0.2) is 4.98 Å². The average molecular weight is 480 g/mol. The molecule has 2 heterocycles. The maximum atomic E-state index is 12.4. The summed E-state index contributed by atoms with van der Waals surface area (Å²) in [5, 5.41) is 12.5. The molecule has 0 saturated carbocycles. The second-order valence-electron chi connectivity index (χ2n) is 6.80. The number of H-pyrrole nitrogens is 1. The fourth-order valence-electron chi connectivity index (χ4n) is 2.90. The van der Waals surface area contributed by atoms with Crippen molar-refractivity contribution in [1.82, 2.24) is 15.2 Å². The second kappa shape index (κ2) is 8.97. The van der Waals surface area contributed by atoms with Crippen molar-refractivity contribution in [2.24, 2.45) is 0 Å². The van der Waals surface area contributed by atoms with E-state index in [4.69, 9.17) is 4.42 Å². The Bertz CT molecular complexity index is 1210. The third-order valence-corrected chi connectivity index (χ3v) is 4.82. The number of amides is 2. The third kappa shape index (κ3) is 5.26. The summed E-state index contributed by atoms with van der Waals surface area (Å²) in [5.74, 6) is 1.08. The molecule has 31 heavy (non-hydrogen) atoms. The maximum absolute atomic E-state index is 12.4. The fraction of sp³-hybridized carbons (Fsp3) is 0.0909. The number of carbonyl (C=O) groups is 2. The lowest BCUT2D eigenvalue weighted by Crippen LogP contribution is -2.14. The number of halogens is 1. The van der Waals surface area contributed by atoms with Gasteiger partial charge in [-0.15, -0.1) is 0 Å². The molecule has 0 aliphatic heterocycles. The monoisotopic (exact) mass is 479 g/mol. The minimum Gasteiger partial charge on any atom is -0.444 e. The summed E-state index contributed by atoms with van der Waals surface area (Å²) in [6.45, 7) is 1.84. The predicted octanol–water partition coefficient (Wildman–Crippen LogP) is 4.57. The van der Waals surface area contributed by atoms with Crippen molar-refractivity contribution in [3.63, 3.8) is 0 Å². The number of rotatable bonds is 6. The summed E-state index contributed by atoms with van der Waals surface area (Å²) in [6, 6.07) is 17.6. The highest BCUT2D eigenvalue weighted by Crippen LogP contribution is 2.19. The van der Waals surface area contributed by atoms with E-state index in [-0.39, 0.29) is 24.0 Å². The predicted molar refractivity (Wildman–Crippen MR) is 120 cm³/mol. The number of carbonyl (C=O) groups excluding carboxylic acids is 2. The zero-order valence-corrected chi connectivity index (χ0v) is 18.1. The average Bonchev–Trinajstić information content (AvgIpc) is 3.38. The van der Waals surface area contributed by atoms with Gasteiger partial charge in [0.2, 0.25) is 5.91 Å². The van der Waals surface area contributed by atoms with E-state index in [1.807, 2.05) is 31.2 Å². The van der Waals surface area contributed by atoms with Crippen LogP contribution in [0.2, 0.25) is 0 Å². The third-order valence-electron chi connectivity index (χ3n) is 4.40. The highest BCUT2D eigenvalue weighted by atomic mass is 79.9. The Morgan fingerprint density at radius 2 is 1.65 bits per heavy atom. The molecule has 0 fully saturated rings. The lowest BCUT2D eigenvalue weighted by Gasteiger charge is -2.07. The van der Waals surface area contributed by atoms with Gasteiger partial charge in [0, 0.05) is 16.9 Å². The van der Waals surface area contributed by atoms with Gasteiger partial charge < -0.3 is 15.1 Å². The minimum absolute atomic E-state index is 0.140. The van der Waals surface area contributed by atoms with Crippen molar-refractivity contribution < 1.29 is 14.0 Å². The Kier molecular flexibility index (Phi) is 5.94. The summed E-state index contributed by atoms with van der Waals surface area (Å²) >= 11 is 3.17. The Balaban J connectivity index is 1.31. The summed E-state index contributed by atoms with van der Waals surface area (Å²) in [4.78, 5) is 28.8. The van der Waals surface area contributed by atoms with Gasteiger partial charge in [-0.3, -0.25) is 14.7 Å². The molecule has 2 amide bonds. The molecule has 0 aliphatic carbocycles. The molecule has 0 spiro atoms. The summed E-state index contributed by atoms with van der Waals surface area (Å²) in [5.41, 5.74) is 2.99. The first kappa shape index (κ1) is 20.5. The molecule has 0 aliphatic rings. The van der Waals surface area contributed by atoms with E-state index in [0.29, 0.717) is 21.9 Å². The van der Waals surface area contributed by atoms with Gasteiger partial charge in [-0.2, -0.15) is 5.10 Å². The van der Waals surface area contributed by atoms with Crippen LogP contribution in [0.5, 0.6) is 0 Å². The maximum Gasteiger partial charge on any atom is 0.291 e. The zero-order valence-electron chi connectivity index (χ0n) is 16.5. The molecule has 8 nitrogen and oxygen atoms in total. The van der Waals surface area contributed by atoms with Crippen LogP contribution < -0.4 is 10.6 Å². The van der Waals surface area contributed by atoms with Crippen molar-refractivity contribution in [3.8, 4) is 11.4 Å². The van der Waals surface area contributed by atoms with Gasteiger partial charge in [0.05, 0.1) is 6.42 Å². The number of benzene rings is 2. The van der Waals surface area contributed by atoms with Gasteiger partial charge in [0.15, 0.2) is 16.3 Å². The molecule has 0 saturated heterocycles. The normalized spacial score (nSPS) is 10.6. The highest BCUT2D eigenvalue weighted by molar-refractivity contribution is 9.10. The largest absolute Gasteiger partial charge is 0.444 e. The van der Waals surface area contributed by atoms with Gasteiger partial charge in [0.25, 0.3) is 5.91 Å². The Morgan fingerprint density at radius 1 is 0.968 bits per heavy atom. The van der Waals surface area contributed by atoms with Gasteiger partial charge in [-0.05, 0) is 76.9 Å². The minimum atomic E-state index is -0.347. The first-order valence-electron chi connectivity index (χ1n) is 9.41. The van der Waals surface area contributed by atoms with Crippen LogP contribution >= 0.6 is 15.9 Å². The van der Waals surface area contributed by atoms with Crippen molar-refractivity contribution in [2.75, 3.05) is 10.6 Å². The molecular formula is C22H18BrN5O3. The van der Waals surface area contributed by atoms with Crippen LogP contribution in [-0.2, 0) is 11.2 Å². The quantitative estimate of drug-likeness (QED) is 0.374.